The highest BCUT2D eigenvalue weighted by Gasteiger charge is 2.22. The Hall–Kier alpha value is -1.26. The molecule has 3 rings (SSSR count). The number of aryl methyl sites for hydroxylation is 2. The molecule has 2 nitrogen and oxygen atoms in total. The number of fused-ring (bicyclic) bond motifs is 1. The summed E-state index contributed by atoms with van der Waals surface area (Å²) in [4.78, 5) is 0. The maximum Gasteiger partial charge on any atom is 0.121 e. The molecule has 0 aromatic heterocycles. The van der Waals surface area contributed by atoms with Gasteiger partial charge >= 0.3 is 0 Å². The van der Waals surface area contributed by atoms with E-state index in [4.69, 9.17) is 4.74 Å². The first-order valence-electron chi connectivity index (χ1n) is 7.27. The summed E-state index contributed by atoms with van der Waals surface area (Å²) >= 11 is 3.75. The van der Waals surface area contributed by atoms with Gasteiger partial charge in [0.25, 0.3) is 0 Å². The zero-order chi connectivity index (χ0) is 15.7. The molecule has 0 saturated carbocycles. The van der Waals surface area contributed by atoms with Crippen LogP contribution >= 0.6 is 23.5 Å². The fraction of sp³-hybridized carbons (Fsp3) is 0.333. The minimum absolute atomic E-state index is 0.225. The summed E-state index contributed by atoms with van der Waals surface area (Å²) in [5.41, 5.74) is 6.51. The highest BCUT2D eigenvalue weighted by atomic mass is 32.2. The van der Waals surface area contributed by atoms with Crippen LogP contribution in [0.2, 0.25) is 0 Å². The van der Waals surface area contributed by atoms with E-state index in [-0.39, 0.29) is 4.58 Å². The molecule has 0 amide bonds. The molecule has 0 bridgehead atoms. The lowest BCUT2D eigenvalue weighted by Crippen LogP contribution is -1.92. The van der Waals surface area contributed by atoms with Crippen molar-refractivity contribution in [1.82, 2.24) is 0 Å². The van der Waals surface area contributed by atoms with E-state index in [0.717, 1.165) is 22.8 Å². The number of phenols is 1. The first-order valence-corrected chi connectivity index (χ1v) is 9.37. The largest absolute Gasteiger partial charge is 0.508 e. The molecule has 0 unspecified atom stereocenters. The minimum atomic E-state index is 0.225. The number of thioether (sulfide) groups is 2. The number of aromatic hydroxyl groups is 1. The predicted molar refractivity (Wildman–Crippen MR) is 95.9 cm³/mol. The first kappa shape index (κ1) is 15.6. The molecule has 0 fully saturated rings. The Bertz CT molecular complexity index is 665. The minimum Gasteiger partial charge on any atom is -0.508 e. The highest BCUT2D eigenvalue weighted by Crippen LogP contribution is 2.49. The van der Waals surface area contributed by atoms with Gasteiger partial charge in [-0.1, -0.05) is 12.1 Å². The van der Waals surface area contributed by atoms with Gasteiger partial charge in [-0.05, 0) is 54.3 Å². The summed E-state index contributed by atoms with van der Waals surface area (Å²) in [6.45, 7) is 4.34. The topological polar surface area (TPSA) is 29.5 Å². The lowest BCUT2D eigenvalue weighted by molar-refractivity contribution is 0.411. The lowest BCUT2D eigenvalue weighted by atomic mass is 10.0. The Morgan fingerprint density at radius 1 is 1.00 bits per heavy atom. The van der Waals surface area contributed by atoms with Crippen LogP contribution in [-0.2, 0) is 11.5 Å². The Labute approximate surface area is 140 Å². The monoisotopic (exact) mass is 332 g/mol. The molecule has 116 valence electrons. The van der Waals surface area contributed by atoms with E-state index >= 15 is 0 Å². The van der Waals surface area contributed by atoms with Gasteiger partial charge in [0.05, 0.1) is 11.7 Å². The third-order valence-electron chi connectivity index (χ3n) is 4.08. The van der Waals surface area contributed by atoms with Gasteiger partial charge in [0.1, 0.15) is 11.5 Å². The van der Waals surface area contributed by atoms with Crippen molar-refractivity contribution in [3.8, 4) is 11.5 Å². The standard InChI is InChI=1S/C18H20O2S2/c1-11-6-13-9-21-18(22-10-14(13)7-12(11)2)16-8-15(20-3)4-5-17(16)19/h4-8,18-19H,9-10H2,1-3H3. The van der Waals surface area contributed by atoms with E-state index in [0.29, 0.717) is 5.75 Å². The Kier molecular flexibility index (Phi) is 4.59. The van der Waals surface area contributed by atoms with Gasteiger partial charge in [0.2, 0.25) is 0 Å². The number of hydrogen-bond acceptors (Lipinski definition) is 4. The molecule has 4 heteroatoms. The van der Waals surface area contributed by atoms with Crippen LogP contribution in [0.15, 0.2) is 30.3 Å². The molecular formula is C18H20O2S2. The average molecular weight is 332 g/mol. The van der Waals surface area contributed by atoms with E-state index in [1.165, 1.54) is 22.3 Å². The van der Waals surface area contributed by atoms with Crippen LogP contribution in [0, 0.1) is 13.8 Å². The quantitative estimate of drug-likeness (QED) is 0.819. The number of hydrogen-bond donors (Lipinski definition) is 1. The van der Waals surface area contributed by atoms with Crippen molar-refractivity contribution in [2.45, 2.75) is 29.9 Å². The molecule has 0 atom stereocenters. The SMILES string of the molecule is COc1ccc(O)c(C2SCc3cc(C)c(C)cc3CS2)c1. The second-order valence-corrected chi connectivity index (χ2v) is 8.07. The van der Waals surface area contributed by atoms with E-state index in [1.54, 1.807) is 19.2 Å². The molecule has 2 aromatic rings. The molecule has 2 aromatic carbocycles. The van der Waals surface area contributed by atoms with Crippen LogP contribution in [0.4, 0.5) is 0 Å². The summed E-state index contributed by atoms with van der Waals surface area (Å²) in [6, 6.07) is 10.1. The second kappa shape index (κ2) is 6.47. The predicted octanol–water partition coefficient (Wildman–Crippen LogP) is 5.20. The summed E-state index contributed by atoms with van der Waals surface area (Å²) < 4.78 is 5.52. The summed E-state index contributed by atoms with van der Waals surface area (Å²) in [5, 5.41) is 10.2. The van der Waals surface area contributed by atoms with Gasteiger partial charge in [0, 0.05) is 17.1 Å². The zero-order valence-corrected chi connectivity index (χ0v) is 14.7. The molecule has 0 radical (unpaired) electrons. The fourth-order valence-electron chi connectivity index (χ4n) is 2.61. The number of phenolic OH excluding ortho intramolecular Hbond substituents is 1. The normalized spacial score (nSPS) is 15.2. The summed E-state index contributed by atoms with van der Waals surface area (Å²) in [7, 11) is 1.66. The van der Waals surface area contributed by atoms with Crippen molar-refractivity contribution >= 4 is 23.5 Å². The molecule has 0 aliphatic carbocycles. The van der Waals surface area contributed by atoms with Crippen LogP contribution in [0.25, 0.3) is 0 Å². The molecule has 1 N–H and O–H groups in total. The molecule has 1 heterocycles. The summed E-state index contributed by atoms with van der Waals surface area (Å²) in [6.07, 6.45) is 0. The number of rotatable bonds is 2. The van der Waals surface area contributed by atoms with Gasteiger partial charge in [-0.15, -0.1) is 23.5 Å². The van der Waals surface area contributed by atoms with Gasteiger partial charge in [-0.25, -0.2) is 0 Å². The number of methoxy groups -OCH3 is 1. The smallest absolute Gasteiger partial charge is 0.121 e. The highest BCUT2D eigenvalue weighted by molar-refractivity contribution is 8.15. The first-order chi connectivity index (χ1) is 10.6. The Morgan fingerprint density at radius 2 is 1.59 bits per heavy atom. The van der Waals surface area contributed by atoms with Gasteiger partial charge in [-0.3, -0.25) is 0 Å². The van der Waals surface area contributed by atoms with Crippen molar-refractivity contribution in [2.75, 3.05) is 7.11 Å². The average Bonchev–Trinajstić information content (AvgIpc) is 2.71. The molecule has 0 spiro atoms. The Balaban J connectivity index is 1.88. The third-order valence-corrected chi connectivity index (χ3v) is 6.97. The van der Waals surface area contributed by atoms with E-state index in [1.807, 2.05) is 29.6 Å². The van der Waals surface area contributed by atoms with Crippen LogP contribution in [0.1, 0.15) is 32.4 Å². The lowest BCUT2D eigenvalue weighted by Gasteiger charge is -2.16. The molecule has 1 aliphatic rings. The van der Waals surface area contributed by atoms with Gasteiger partial charge < -0.3 is 9.84 Å². The van der Waals surface area contributed by atoms with Crippen molar-refractivity contribution < 1.29 is 9.84 Å². The maximum atomic E-state index is 10.2. The van der Waals surface area contributed by atoms with E-state index in [2.05, 4.69) is 26.0 Å². The van der Waals surface area contributed by atoms with E-state index in [9.17, 15) is 5.11 Å². The molecule has 0 saturated heterocycles. The fourth-order valence-corrected chi connectivity index (χ4v) is 5.34. The van der Waals surface area contributed by atoms with Crippen LogP contribution in [-0.4, -0.2) is 12.2 Å². The van der Waals surface area contributed by atoms with Crippen molar-refractivity contribution in [1.29, 1.82) is 0 Å². The van der Waals surface area contributed by atoms with Crippen LogP contribution in [0.3, 0.4) is 0 Å². The van der Waals surface area contributed by atoms with Gasteiger partial charge in [-0.2, -0.15) is 0 Å². The number of benzene rings is 2. The number of ether oxygens (including phenoxy) is 1. The van der Waals surface area contributed by atoms with Crippen molar-refractivity contribution in [3.05, 3.63) is 58.1 Å². The Morgan fingerprint density at radius 3 is 2.14 bits per heavy atom. The van der Waals surface area contributed by atoms with Crippen LogP contribution in [0.5, 0.6) is 11.5 Å². The van der Waals surface area contributed by atoms with Crippen molar-refractivity contribution in [2.24, 2.45) is 0 Å². The summed E-state index contributed by atoms with van der Waals surface area (Å²) in [5.74, 6) is 3.10. The molecule has 22 heavy (non-hydrogen) atoms. The third kappa shape index (κ3) is 3.08. The van der Waals surface area contributed by atoms with Crippen molar-refractivity contribution in [3.63, 3.8) is 0 Å². The zero-order valence-electron chi connectivity index (χ0n) is 13.1. The maximum absolute atomic E-state index is 10.2. The molecular weight excluding hydrogens is 312 g/mol. The van der Waals surface area contributed by atoms with Gasteiger partial charge in [0.15, 0.2) is 0 Å². The second-order valence-electron chi connectivity index (χ2n) is 5.58. The van der Waals surface area contributed by atoms with E-state index < -0.39 is 0 Å². The van der Waals surface area contributed by atoms with Crippen LogP contribution < -0.4 is 4.74 Å². The molecule has 1 aliphatic heterocycles.